The second kappa shape index (κ2) is 59.2. The number of unbranched alkanes of at least 4 members (excludes halogenated alkanes) is 40. The minimum absolute atomic E-state index is 0.0738. The normalized spacial score (nSPS) is 12.5. The fraction of sp³-hybridized carbons (Fsp3) is 0.841. The second-order valence-corrected chi connectivity index (χ2v) is 20.4. The molecule has 0 aromatic heterocycles. The summed E-state index contributed by atoms with van der Waals surface area (Å²) in [5.41, 5.74) is 0. The molecular weight excluding hydrogens is 837 g/mol. The van der Waals surface area contributed by atoms with E-state index in [9.17, 15) is 14.7 Å². The Hall–Kier alpha value is -2.14. The molecule has 0 bridgehead atoms. The standard InChI is InChI=1S/C63H116O5/c1-3-5-7-9-11-13-15-17-19-21-22-23-24-25-26-27-28-29-30-31-32-33-34-35-36-37-38-39-40-42-43-45-47-49-51-53-55-57-62(65)67-60-61(59-64)68-63(66)58-56-54-52-50-48-46-44-41-20-18-16-14-12-10-8-6-4-2/h6,8,12,14,18,20,44,46,61,64H,3-5,7,9-11,13,15-17,19,21-43,45,47-60H2,1-2H3/b8-6-,14-12-,20-18-,46-44-. The topological polar surface area (TPSA) is 72.8 Å². The van der Waals surface area contributed by atoms with Gasteiger partial charge in [0, 0.05) is 12.8 Å². The van der Waals surface area contributed by atoms with Gasteiger partial charge in [0.05, 0.1) is 6.61 Å². The Morgan fingerprint density at radius 3 is 0.956 bits per heavy atom. The van der Waals surface area contributed by atoms with Gasteiger partial charge in [-0.1, -0.05) is 306 Å². The first-order valence-corrected chi connectivity index (χ1v) is 30.2. The van der Waals surface area contributed by atoms with Crippen LogP contribution in [0.5, 0.6) is 0 Å². The molecule has 398 valence electrons. The van der Waals surface area contributed by atoms with Gasteiger partial charge in [0.25, 0.3) is 0 Å². The number of rotatable bonds is 56. The van der Waals surface area contributed by atoms with Crippen LogP contribution >= 0.6 is 0 Å². The van der Waals surface area contributed by atoms with Crippen molar-refractivity contribution in [1.29, 1.82) is 0 Å². The van der Waals surface area contributed by atoms with Crippen LogP contribution in [-0.2, 0) is 19.1 Å². The maximum atomic E-state index is 12.3. The molecule has 0 radical (unpaired) electrons. The van der Waals surface area contributed by atoms with Crippen LogP contribution in [0.3, 0.4) is 0 Å². The van der Waals surface area contributed by atoms with Crippen molar-refractivity contribution in [3.05, 3.63) is 48.6 Å². The Morgan fingerprint density at radius 1 is 0.353 bits per heavy atom. The summed E-state index contributed by atoms with van der Waals surface area (Å²) in [6, 6.07) is 0. The highest BCUT2D eigenvalue weighted by atomic mass is 16.6. The lowest BCUT2D eigenvalue weighted by Gasteiger charge is -2.15. The van der Waals surface area contributed by atoms with Crippen molar-refractivity contribution in [2.75, 3.05) is 13.2 Å². The van der Waals surface area contributed by atoms with Crippen molar-refractivity contribution in [1.82, 2.24) is 0 Å². The van der Waals surface area contributed by atoms with Crippen LogP contribution in [0.1, 0.15) is 322 Å². The highest BCUT2D eigenvalue weighted by Crippen LogP contribution is 2.18. The van der Waals surface area contributed by atoms with Gasteiger partial charge in [-0.15, -0.1) is 0 Å². The van der Waals surface area contributed by atoms with Gasteiger partial charge in [-0.3, -0.25) is 9.59 Å². The number of carbonyl (C=O) groups is 2. The van der Waals surface area contributed by atoms with E-state index >= 15 is 0 Å². The first-order valence-electron chi connectivity index (χ1n) is 30.2. The van der Waals surface area contributed by atoms with Crippen molar-refractivity contribution in [2.24, 2.45) is 0 Å². The number of aliphatic hydroxyl groups is 1. The summed E-state index contributed by atoms with van der Waals surface area (Å²) in [5, 5.41) is 9.63. The molecule has 0 spiro atoms. The number of hydrogen-bond donors (Lipinski definition) is 1. The Balaban J connectivity index is 3.38. The van der Waals surface area contributed by atoms with E-state index in [0.29, 0.717) is 12.8 Å². The fourth-order valence-corrected chi connectivity index (χ4v) is 9.14. The molecule has 1 N–H and O–H groups in total. The average molecular weight is 954 g/mol. The van der Waals surface area contributed by atoms with E-state index in [1.807, 2.05) is 0 Å². The van der Waals surface area contributed by atoms with Crippen molar-refractivity contribution in [3.8, 4) is 0 Å². The van der Waals surface area contributed by atoms with Crippen molar-refractivity contribution in [3.63, 3.8) is 0 Å². The first kappa shape index (κ1) is 65.9. The maximum Gasteiger partial charge on any atom is 0.306 e. The predicted molar refractivity (Wildman–Crippen MR) is 297 cm³/mol. The quantitative estimate of drug-likeness (QED) is 0.0374. The van der Waals surface area contributed by atoms with Crippen LogP contribution in [0, 0.1) is 0 Å². The Morgan fingerprint density at radius 2 is 0.632 bits per heavy atom. The van der Waals surface area contributed by atoms with E-state index in [1.54, 1.807) is 0 Å². The Labute approximate surface area is 424 Å². The van der Waals surface area contributed by atoms with Gasteiger partial charge in [-0.25, -0.2) is 0 Å². The van der Waals surface area contributed by atoms with Crippen LogP contribution in [0.2, 0.25) is 0 Å². The number of ether oxygens (including phenoxy) is 2. The molecule has 5 nitrogen and oxygen atoms in total. The van der Waals surface area contributed by atoms with Crippen molar-refractivity contribution >= 4 is 11.9 Å². The molecule has 5 heteroatoms. The molecular formula is C63H116O5. The molecule has 0 saturated carbocycles. The van der Waals surface area contributed by atoms with Crippen LogP contribution in [-0.4, -0.2) is 36.4 Å². The van der Waals surface area contributed by atoms with E-state index < -0.39 is 6.10 Å². The third-order valence-electron chi connectivity index (χ3n) is 13.6. The summed E-state index contributed by atoms with van der Waals surface area (Å²) in [6.45, 7) is 4.04. The third kappa shape index (κ3) is 56.4. The summed E-state index contributed by atoms with van der Waals surface area (Å²) >= 11 is 0. The summed E-state index contributed by atoms with van der Waals surface area (Å²) in [6.07, 6.45) is 78.4. The molecule has 0 heterocycles. The zero-order valence-corrected chi connectivity index (χ0v) is 45.6. The van der Waals surface area contributed by atoms with Gasteiger partial charge >= 0.3 is 11.9 Å². The number of carbonyl (C=O) groups excluding carboxylic acids is 2. The zero-order valence-electron chi connectivity index (χ0n) is 45.6. The van der Waals surface area contributed by atoms with Gasteiger partial charge in [0.2, 0.25) is 0 Å². The lowest BCUT2D eigenvalue weighted by atomic mass is 10.0. The van der Waals surface area contributed by atoms with E-state index in [4.69, 9.17) is 9.47 Å². The van der Waals surface area contributed by atoms with Gasteiger partial charge in [-0.05, 0) is 51.4 Å². The van der Waals surface area contributed by atoms with Gasteiger partial charge < -0.3 is 14.6 Å². The number of esters is 2. The molecule has 1 unspecified atom stereocenters. The van der Waals surface area contributed by atoms with E-state index in [0.717, 1.165) is 77.0 Å². The molecule has 0 rings (SSSR count). The monoisotopic (exact) mass is 953 g/mol. The predicted octanol–water partition coefficient (Wildman–Crippen LogP) is 20.4. The molecule has 0 aromatic rings. The molecule has 0 amide bonds. The molecule has 0 fully saturated rings. The first-order chi connectivity index (χ1) is 33.6. The molecule has 1 atom stereocenters. The van der Waals surface area contributed by atoms with Crippen LogP contribution in [0.15, 0.2) is 48.6 Å². The molecule has 0 aliphatic heterocycles. The summed E-state index contributed by atoms with van der Waals surface area (Å²) in [4.78, 5) is 24.5. The minimum Gasteiger partial charge on any atom is -0.462 e. The van der Waals surface area contributed by atoms with E-state index in [-0.39, 0.29) is 25.2 Å². The van der Waals surface area contributed by atoms with Crippen molar-refractivity contribution < 1.29 is 24.2 Å². The maximum absolute atomic E-state index is 12.3. The molecule has 0 saturated heterocycles. The van der Waals surface area contributed by atoms with Crippen LogP contribution in [0.25, 0.3) is 0 Å². The minimum atomic E-state index is -0.785. The Bertz CT molecular complexity index is 1120. The van der Waals surface area contributed by atoms with Crippen LogP contribution in [0.4, 0.5) is 0 Å². The van der Waals surface area contributed by atoms with Gasteiger partial charge in [-0.2, -0.15) is 0 Å². The summed E-state index contributed by atoms with van der Waals surface area (Å²) in [5.74, 6) is -0.607. The van der Waals surface area contributed by atoms with E-state index in [1.165, 1.54) is 218 Å². The molecule has 0 aliphatic rings. The smallest absolute Gasteiger partial charge is 0.306 e. The Kier molecular flexibility index (Phi) is 57.3. The number of aliphatic hydroxyl groups excluding tert-OH is 1. The third-order valence-corrected chi connectivity index (χ3v) is 13.6. The molecule has 68 heavy (non-hydrogen) atoms. The average Bonchev–Trinajstić information content (AvgIpc) is 3.34. The van der Waals surface area contributed by atoms with Crippen LogP contribution < -0.4 is 0 Å². The van der Waals surface area contributed by atoms with Crippen molar-refractivity contribution in [2.45, 2.75) is 328 Å². The fourth-order valence-electron chi connectivity index (χ4n) is 9.14. The largest absolute Gasteiger partial charge is 0.462 e. The number of allylic oxidation sites excluding steroid dienone is 8. The van der Waals surface area contributed by atoms with Gasteiger partial charge in [0.1, 0.15) is 6.61 Å². The summed E-state index contributed by atoms with van der Waals surface area (Å²) < 4.78 is 10.7. The molecule has 0 aromatic carbocycles. The lowest BCUT2D eigenvalue weighted by molar-refractivity contribution is -0.161. The highest BCUT2D eigenvalue weighted by molar-refractivity contribution is 5.70. The molecule has 0 aliphatic carbocycles. The second-order valence-electron chi connectivity index (χ2n) is 20.4. The van der Waals surface area contributed by atoms with E-state index in [2.05, 4.69) is 62.5 Å². The lowest BCUT2D eigenvalue weighted by Crippen LogP contribution is -2.28. The van der Waals surface area contributed by atoms with Gasteiger partial charge in [0.15, 0.2) is 6.10 Å². The summed E-state index contributed by atoms with van der Waals surface area (Å²) in [7, 11) is 0. The zero-order chi connectivity index (χ0) is 49.2. The highest BCUT2D eigenvalue weighted by Gasteiger charge is 2.16. The SMILES string of the molecule is CC/C=C\C/C=C\C/C=C\C/C=C\CCCCCCC(=O)OC(CO)COC(=O)CCCCCCCCCCCCCCCCCCCCCCCCCCCCCCCCCCCCCCC. The number of hydrogen-bond acceptors (Lipinski definition) is 5.